The zero-order valence-corrected chi connectivity index (χ0v) is 10.4. The van der Waals surface area contributed by atoms with E-state index in [4.69, 9.17) is 16.7 Å². The molecule has 2 rings (SSSR count). The third-order valence-electron chi connectivity index (χ3n) is 3.14. The molecular formula is C13H16ClNO2. The van der Waals surface area contributed by atoms with E-state index >= 15 is 0 Å². The van der Waals surface area contributed by atoms with Gasteiger partial charge in [0.05, 0.1) is 0 Å². The molecular weight excluding hydrogens is 238 g/mol. The highest BCUT2D eigenvalue weighted by molar-refractivity contribution is 6.30. The first-order valence-electron chi connectivity index (χ1n) is 5.82. The summed E-state index contributed by atoms with van der Waals surface area (Å²) in [5.41, 5.74) is 1.02. The molecule has 1 aliphatic carbocycles. The van der Waals surface area contributed by atoms with Crippen molar-refractivity contribution in [2.24, 2.45) is 5.92 Å². The smallest absolute Gasteiger partial charge is 0.320 e. The predicted molar refractivity (Wildman–Crippen MR) is 67.2 cm³/mol. The number of halogens is 1. The lowest BCUT2D eigenvalue weighted by Crippen LogP contribution is -2.40. The van der Waals surface area contributed by atoms with Crippen LogP contribution in [0, 0.1) is 5.92 Å². The van der Waals surface area contributed by atoms with E-state index in [0.29, 0.717) is 5.02 Å². The molecule has 0 amide bonds. The van der Waals surface area contributed by atoms with E-state index in [1.165, 1.54) is 0 Å². The highest BCUT2D eigenvalue weighted by atomic mass is 35.5. The number of aliphatic carboxylic acids is 1. The molecule has 2 N–H and O–H groups in total. The van der Waals surface area contributed by atoms with E-state index in [-0.39, 0.29) is 12.0 Å². The maximum Gasteiger partial charge on any atom is 0.320 e. The first kappa shape index (κ1) is 12.4. The number of hydrogen-bond acceptors (Lipinski definition) is 2. The molecule has 0 aromatic heterocycles. The van der Waals surface area contributed by atoms with Gasteiger partial charge in [-0.2, -0.15) is 0 Å². The third kappa shape index (κ3) is 3.20. The molecule has 2 atom stereocenters. The molecule has 17 heavy (non-hydrogen) atoms. The molecule has 0 aliphatic heterocycles. The van der Waals surface area contributed by atoms with Crippen molar-refractivity contribution in [2.75, 3.05) is 0 Å². The summed E-state index contributed by atoms with van der Waals surface area (Å²) in [6, 6.07) is 7.07. The molecule has 1 aliphatic rings. The van der Waals surface area contributed by atoms with E-state index in [2.05, 4.69) is 5.32 Å². The monoisotopic (exact) mass is 253 g/mol. The summed E-state index contributed by atoms with van der Waals surface area (Å²) in [6.07, 6.45) is 2.01. The van der Waals surface area contributed by atoms with E-state index in [9.17, 15) is 4.79 Å². The van der Waals surface area contributed by atoms with E-state index in [1.807, 2.05) is 31.2 Å². The van der Waals surface area contributed by atoms with Crippen molar-refractivity contribution < 1.29 is 9.90 Å². The van der Waals surface area contributed by atoms with E-state index in [1.54, 1.807) is 0 Å². The zero-order valence-electron chi connectivity index (χ0n) is 9.69. The largest absolute Gasteiger partial charge is 0.480 e. The first-order valence-corrected chi connectivity index (χ1v) is 6.20. The second-order valence-corrected chi connectivity index (χ2v) is 5.03. The Bertz CT molecular complexity index is 418. The van der Waals surface area contributed by atoms with Crippen molar-refractivity contribution >= 4 is 17.6 Å². The Kier molecular flexibility index (Phi) is 3.69. The van der Waals surface area contributed by atoms with Gasteiger partial charge in [-0.05, 0) is 43.4 Å². The van der Waals surface area contributed by atoms with Crippen LogP contribution in [0.1, 0.15) is 31.4 Å². The lowest BCUT2D eigenvalue weighted by atomic mass is 10.1. The van der Waals surface area contributed by atoms with Gasteiger partial charge in [0.1, 0.15) is 6.04 Å². The second kappa shape index (κ2) is 5.07. The Morgan fingerprint density at radius 1 is 1.53 bits per heavy atom. The Morgan fingerprint density at radius 2 is 2.24 bits per heavy atom. The molecule has 0 radical (unpaired) electrons. The number of hydrogen-bond donors (Lipinski definition) is 2. The lowest BCUT2D eigenvalue weighted by molar-refractivity contribution is -0.140. The van der Waals surface area contributed by atoms with Crippen LogP contribution in [-0.2, 0) is 4.79 Å². The topological polar surface area (TPSA) is 49.3 Å². The third-order valence-corrected chi connectivity index (χ3v) is 3.37. The SMILES string of the molecule is C[C@@H](NC(C(=O)O)C1CC1)c1cccc(Cl)c1. The van der Waals surface area contributed by atoms with Crippen molar-refractivity contribution in [3.63, 3.8) is 0 Å². The minimum Gasteiger partial charge on any atom is -0.480 e. The number of rotatable bonds is 5. The number of carbonyl (C=O) groups is 1. The zero-order chi connectivity index (χ0) is 12.4. The first-order chi connectivity index (χ1) is 8.08. The molecule has 1 saturated carbocycles. The number of carboxylic acid groups (broad SMARTS) is 1. The summed E-state index contributed by atoms with van der Waals surface area (Å²) in [6.45, 7) is 1.96. The maximum absolute atomic E-state index is 11.1. The van der Waals surface area contributed by atoms with E-state index in [0.717, 1.165) is 18.4 Å². The molecule has 4 heteroatoms. The van der Waals surface area contributed by atoms with Gasteiger partial charge in [0.25, 0.3) is 0 Å². The van der Waals surface area contributed by atoms with Crippen LogP contribution < -0.4 is 5.32 Å². The number of nitrogens with one attached hydrogen (secondary N) is 1. The van der Waals surface area contributed by atoms with Crippen molar-refractivity contribution in [1.82, 2.24) is 5.32 Å². The predicted octanol–water partition coefficient (Wildman–Crippen LogP) is 2.85. The van der Waals surface area contributed by atoms with Crippen LogP contribution in [0.25, 0.3) is 0 Å². The van der Waals surface area contributed by atoms with Gasteiger partial charge in [-0.15, -0.1) is 0 Å². The Labute approximate surface area is 106 Å². The summed E-state index contributed by atoms with van der Waals surface area (Å²) in [5.74, 6) is -0.476. The fourth-order valence-corrected chi connectivity index (χ4v) is 2.18. The summed E-state index contributed by atoms with van der Waals surface area (Å²) in [7, 11) is 0. The summed E-state index contributed by atoms with van der Waals surface area (Å²) in [4.78, 5) is 11.1. The fourth-order valence-electron chi connectivity index (χ4n) is 1.98. The van der Waals surface area contributed by atoms with Gasteiger partial charge in [-0.1, -0.05) is 23.7 Å². The van der Waals surface area contributed by atoms with Crippen LogP contribution in [0.2, 0.25) is 5.02 Å². The molecule has 1 unspecified atom stereocenters. The van der Waals surface area contributed by atoms with Crippen LogP contribution in [0.5, 0.6) is 0 Å². The van der Waals surface area contributed by atoms with Gasteiger partial charge < -0.3 is 5.11 Å². The minimum atomic E-state index is -0.763. The van der Waals surface area contributed by atoms with Crippen molar-refractivity contribution in [3.05, 3.63) is 34.9 Å². The van der Waals surface area contributed by atoms with Crippen LogP contribution in [0.3, 0.4) is 0 Å². The molecule has 0 heterocycles. The normalized spacial score (nSPS) is 18.7. The Morgan fingerprint density at radius 3 is 2.76 bits per heavy atom. The Balaban J connectivity index is 2.04. The van der Waals surface area contributed by atoms with Crippen molar-refractivity contribution in [1.29, 1.82) is 0 Å². The highest BCUT2D eigenvalue weighted by Gasteiger charge is 2.36. The molecule has 0 saturated heterocycles. The molecule has 3 nitrogen and oxygen atoms in total. The van der Waals surface area contributed by atoms with Gasteiger partial charge in [-0.3, -0.25) is 10.1 Å². The summed E-state index contributed by atoms with van der Waals surface area (Å²) in [5, 5.41) is 13.0. The van der Waals surface area contributed by atoms with Crippen molar-refractivity contribution in [2.45, 2.75) is 31.8 Å². The van der Waals surface area contributed by atoms with Gasteiger partial charge in [0, 0.05) is 11.1 Å². The number of benzene rings is 1. The Hall–Kier alpha value is -1.06. The van der Waals surface area contributed by atoms with E-state index < -0.39 is 12.0 Å². The molecule has 1 fully saturated rings. The maximum atomic E-state index is 11.1. The van der Waals surface area contributed by atoms with Gasteiger partial charge >= 0.3 is 5.97 Å². The summed E-state index contributed by atoms with van der Waals surface area (Å²) < 4.78 is 0. The number of carboxylic acids is 1. The van der Waals surface area contributed by atoms with Gasteiger partial charge in [0.2, 0.25) is 0 Å². The average Bonchev–Trinajstić information content (AvgIpc) is 3.09. The standard InChI is InChI=1S/C13H16ClNO2/c1-8(10-3-2-4-11(14)7-10)15-12(13(16)17)9-5-6-9/h2-4,7-9,12,15H,5-6H2,1H3,(H,16,17)/t8-,12?/m1/s1. The fraction of sp³-hybridized carbons (Fsp3) is 0.462. The second-order valence-electron chi connectivity index (χ2n) is 4.60. The van der Waals surface area contributed by atoms with Gasteiger partial charge in [-0.25, -0.2) is 0 Å². The molecule has 0 bridgehead atoms. The molecule has 92 valence electrons. The van der Waals surface area contributed by atoms with Crippen molar-refractivity contribution in [3.8, 4) is 0 Å². The average molecular weight is 254 g/mol. The van der Waals surface area contributed by atoms with Gasteiger partial charge in [0.15, 0.2) is 0 Å². The molecule has 1 aromatic carbocycles. The van der Waals surface area contributed by atoms with Crippen LogP contribution in [-0.4, -0.2) is 17.1 Å². The summed E-state index contributed by atoms with van der Waals surface area (Å²) >= 11 is 5.92. The molecule has 0 spiro atoms. The highest BCUT2D eigenvalue weighted by Crippen LogP contribution is 2.34. The minimum absolute atomic E-state index is 0.00426. The quantitative estimate of drug-likeness (QED) is 0.848. The lowest BCUT2D eigenvalue weighted by Gasteiger charge is -2.20. The molecule has 1 aromatic rings. The van der Waals surface area contributed by atoms with Crippen LogP contribution in [0.15, 0.2) is 24.3 Å². The van der Waals surface area contributed by atoms with Crippen LogP contribution >= 0.6 is 11.6 Å². The van der Waals surface area contributed by atoms with Crippen LogP contribution in [0.4, 0.5) is 0 Å².